The van der Waals surface area contributed by atoms with E-state index in [2.05, 4.69) is 22.3 Å². The summed E-state index contributed by atoms with van der Waals surface area (Å²) in [6.45, 7) is 0.264. The molecule has 1 heterocycles. The summed E-state index contributed by atoms with van der Waals surface area (Å²) in [5.74, 6) is 1.86. The number of hydrogen-bond acceptors (Lipinski definition) is 4. The molecule has 0 N–H and O–H groups in total. The predicted molar refractivity (Wildman–Crippen MR) is 91.8 cm³/mol. The molecule has 0 aliphatic rings. The summed E-state index contributed by atoms with van der Waals surface area (Å²) in [6, 6.07) is 24.2. The lowest BCUT2D eigenvalue weighted by atomic mass is 10.1. The van der Waals surface area contributed by atoms with E-state index in [1.54, 1.807) is 0 Å². The molecular formula is C20H16N2O2. The van der Waals surface area contributed by atoms with Crippen LogP contribution in [0.1, 0.15) is 17.3 Å². The molecule has 118 valence electrons. The molecule has 0 spiro atoms. The second-order valence-corrected chi connectivity index (χ2v) is 5.55. The van der Waals surface area contributed by atoms with E-state index < -0.39 is 0 Å². The van der Waals surface area contributed by atoms with Crippen molar-refractivity contribution in [2.24, 2.45) is 0 Å². The van der Waals surface area contributed by atoms with Gasteiger partial charge in [-0.25, -0.2) is 0 Å². The molecule has 0 aliphatic carbocycles. The summed E-state index contributed by atoms with van der Waals surface area (Å²) in [4.78, 5) is 0. The molecule has 0 amide bonds. The molecule has 24 heavy (non-hydrogen) atoms. The van der Waals surface area contributed by atoms with E-state index in [4.69, 9.17) is 9.15 Å². The average molecular weight is 316 g/mol. The summed E-state index contributed by atoms with van der Waals surface area (Å²) < 4.78 is 11.4. The van der Waals surface area contributed by atoms with E-state index in [0.717, 1.165) is 16.7 Å². The van der Waals surface area contributed by atoms with Crippen molar-refractivity contribution in [2.75, 3.05) is 0 Å². The lowest BCUT2D eigenvalue weighted by molar-refractivity contribution is 0.260. The van der Waals surface area contributed by atoms with Gasteiger partial charge in [-0.1, -0.05) is 60.7 Å². The van der Waals surface area contributed by atoms with Gasteiger partial charge in [-0.05, 0) is 28.5 Å². The van der Waals surface area contributed by atoms with Crippen molar-refractivity contribution in [2.45, 2.75) is 13.0 Å². The predicted octanol–water partition coefficient (Wildman–Crippen LogP) is 4.39. The average Bonchev–Trinajstić information content (AvgIpc) is 3.08. The van der Waals surface area contributed by atoms with Crippen LogP contribution in [-0.2, 0) is 13.0 Å². The Kier molecular flexibility index (Phi) is 3.94. The molecule has 3 aromatic carbocycles. The quantitative estimate of drug-likeness (QED) is 0.548. The largest absolute Gasteiger partial charge is 0.484 e. The summed E-state index contributed by atoms with van der Waals surface area (Å²) in [6.07, 6.45) is 0.629. The van der Waals surface area contributed by atoms with Crippen LogP contribution < -0.4 is 4.74 Å². The third-order valence-electron chi connectivity index (χ3n) is 3.79. The number of rotatable bonds is 5. The molecular weight excluding hydrogens is 300 g/mol. The Labute approximate surface area is 139 Å². The van der Waals surface area contributed by atoms with Gasteiger partial charge in [-0.15, -0.1) is 10.2 Å². The fourth-order valence-corrected chi connectivity index (χ4v) is 2.59. The maximum absolute atomic E-state index is 5.77. The fraction of sp³-hybridized carbons (Fsp3) is 0.100. The van der Waals surface area contributed by atoms with Crippen molar-refractivity contribution >= 4 is 10.8 Å². The third-order valence-corrected chi connectivity index (χ3v) is 3.79. The van der Waals surface area contributed by atoms with Gasteiger partial charge in [0, 0.05) is 0 Å². The van der Waals surface area contributed by atoms with E-state index in [1.807, 2.05) is 60.7 Å². The fourth-order valence-electron chi connectivity index (χ4n) is 2.59. The maximum atomic E-state index is 5.77. The van der Waals surface area contributed by atoms with Crippen LogP contribution >= 0.6 is 0 Å². The van der Waals surface area contributed by atoms with Crippen LogP contribution in [0.2, 0.25) is 0 Å². The van der Waals surface area contributed by atoms with Gasteiger partial charge in [0.25, 0.3) is 5.89 Å². The molecule has 1 aromatic heterocycles. The lowest BCUT2D eigenvalue weighted by Crippen LogP contribution is -1.95. The zero-order valence-corrected chi connectivity index (χ0v) is 13.1. The van der Waals surface area contributed by atoms with Gasteiger partial charge < -0.3 is 9.15 Å². The van der Waals surface area contributed by atoms with Crippen LogP contribution in [0, 0.1) is 0 Å². The maximum Gasteiger partial charge on any atom is 0.253 e. The molecule has 4 rings (SSSR count). The van der Waals surface area contributed by atoms with Crippen molar-refractivity contribution in [1.29, 1.82) is 0 Å². The number of benzene rings is 3. The first kappa shape index (κ1) is 14.5. The first-order valence-electron chi connectivity index (χ1n) is 7.83. The number of aromatic nitrogens is 2. The second kappa shape index (κ2) is 6.54. The van der Waals surface area contributed by atoms with Crippen LogP contribution in [0.3, 0.4) is 0 Å². The minimum atomic E-state index is 0.264. The SMILES string of the molecule is c1ccc(Cc2nnc(COc3ccc4ccccc4c3)o2)cc1. The van der Waals surface area contributed by atoms with Crippen LogP contribution in [-0.4, -0.2) is 10.2 Å². The number of ether oxygens (including phenoxy) is 1. The van der Waals surface area contributed by atoms with Crippen molar-refractivity contribution < 1.29 is 9.15 Å². The molecule has 0 saturated heterocycles. The van der Waals surface area contributed by atoms with Gasteiger partial charge in [-0.3, -0.25) is 0 Å². The highest BCUT2D eigenvalue weighted by molar-refractivity contribution is 5.83. The molecule has 0 fully saturated rings. The topological polar surface area (TPSA) is 48.2 Å². The van der Waals surface area contributed by atoms with Crippen molar-refractivity contribution in [3.8, 4) is 5.75 Å². The van der Waals surface area contributed by atoms with Crippen molar-refractivity contribution in [1.82, 2.24) is 10.2 Å². The highest BCUT2D eigenvalue weighted by Crippen LogP contribution is 2.21. The Hall–Kier alpha value is -3.14. The first-order chi connectivity index (χ1) is 11.9. The van der Waals surface area contributed by atoms with Gasteiger partial charge in [-0.2, -0.15) is 0 Å². The molecule has 0 atom stereocenters. The molecule has 0 unspecified atom stereocenters. The normalized spacial score (nSPS) is 10.8. The van der Waals surface area contributed by atoms with Gasteiger partial charge in [0.15, 0.2) is 6.61 Å². The smallest absolute Gasteiger partial charge is 0.253 e. The third kappa shape index (κ3) is 3.27. The Morgan fingerprint density at radius 2 is 1.50 bits per heavy atom. The van der Waals surface area contributed by atoms with Gasteiger partial charge in [0.2, 0.25) is 5.89 Å². The monoisotopic (exact) mass is 316 g/mol. The summed E-state index contributed by atoms with van der Waals surface area (Å²) >= 11 is 0. The first-order valence-corrected chi connectivity index (χ1v) is 7.83. The van der Waals surface area contributed by atoms with Crippen LogP contribution in [0.15, 0.2) is 77.2 Å². The van der Waals surface area contributed by atoms with Gasteiger partial charge >= 0.3 is 0 Å². The Bertz CT molecular complexity index is 948. The standard InChI is InChI=1S/C20H16N2O2/c1-2-6-15(7-3-1)12-19-21-22-20(24-19)14-23-18-11-10-16-8-4-5-9-17(16)13-18/h1-11,13H,12,14H2. The van der Waals surface area contributed by atoms with Crippen LogP contribution in [0.4, 0.5) is 0 Å². The van der Waals surface area contributed by atoms with E-state index in [-0.39, 0.29) is 6.61 Å². The summed E-state index contributed by atoms with van der Waals surface area (Å²) in [7, 11) is 0. The Morgan fingerprint density at radius 1 is 0.750 bits per heavy atom. The number of fused-ring (bicyclic) bond motifs is 1. The molecule has 0 radical (unpaired) electrons. The number of nitrogens with zero attached hydrogens (tertiary/aromatic N) is 2. The zero-order valence-electron chi connectivity index (χ0n) is 13.1. The van der Waals surface area contributed by atoms with Crippen molar-refractivity contribution in [3.63, 3.8) is 0 Å². The highest BCUT2D eigenvalue weighted by Gasteiger charge is 2.08. The minimum Gasteiger partial charge on any atom is -0.484 e. The summed E-state index contributed by atoms with van der Waals surface area (Å²) in [5, 5.41) is 10.5. The van der Waals surface area contributed by atoms with Crippen molar-refractivity contribution in [3.05, 3.63) is 90.1 Å². The van der Waals surface area contributed by atoms with E-state index >= 15 is 0 Å². The molecule has 4 aromatic rings. The molecule has 4 nitrogen and oxygen atoms in total. The molecule has 0 aliphatic heterocycles. The van der Waals surface area contributed by atoms with E-state index in [1.165, 1.54) is 5.39 Å². The molecule has 4 heteroatoms. The van der Waals surface area contributed by atoms with Gasteiger partial charge in [0.1, 0.15) is 5.75 Å². The Balaban J connectivity index is 1.42. The van der Waals surface area contributed by atoms with Gasteiger partial charge in [0.05, 0.1) is 6.42 Å². The summed E-state index contributed by atoms with van der Waals surface area (Å²) in [5.41, 5.74) is 1.14. The minimum absolute atomic E-state index is 0.264. The zero-order chi connectivity index (χ0) is 16.2. The molecule has 0 bridgehead atoms. The highest BCUT2D eigenvalue weighted by atomic mass is 16.5. The van der Waals surface area contributed by atoms with E-state index in [9.17, 15) is 0 Å². The molecule has 0 saturated carbocycles. The van der Waals surface area contributed by atoms with Crippen LogP contribution in [0.25, 0.3) is 10.8 Å². The lowest BCUT2D eigenvalue weighted by Gasteiger charge is -2.04. The Morgan fingerprint density at radius 3 is 2.38 bits per heavy atom. The van der Waals surface area contributed by atoms with Crippen LogP contribution in [0.5, 0.6) is 5.75 Å². The second-order valence-electron chi connectivity index (χ2n) is 5.55. The number of hydrogen-bond donors (Lipinski definition) is 0. The van der Waals surface area contributed by atoms with E-state index in [0.29, 0.717) is 18.2 Å².